The zero-order valence-electron chi connectivity index (χ0n) is 18.9. The summed E-state index contributed by atoms with van der Waals surface area (Å²) >= 11 is 1.09. The quantitative estimate of drug-likeness (QED) is 0.332. The summed E-state index contributed by atoms with van der Waals surface area (Å²) in [6, 6.07) is 9.32. The van der Waals surface area contributed by atoms with Crippen LogP contribution in [0.1, 0.15) is 35.8 Å². The van der Waals surface area contributed by atoms with Crippen molar-refractivity contribution >= 4 is 47.4 Å². The maximum absolute atomic E-state index is 13.3. The molecule has 5 aromatic rings. The van der Waals surface area contributed by atoms with Crippen molar-refractivity contribution in [2.45, 2.75) is 36.8 Å². The van der Waals surface area contributed by atoms with Crippen molar-refractivity contribution in [1.82, 2.24) is 28.9 Å². The van der Waals surface area contributed by atoms with Gasteiger partial charge in [-0.2, -0.15) is 17.5 Å². The minimum absolute atomic E-state index is 0.224. The molecule has 8 nitrogen and oxygen atoms in total. The second kappa shape index (κ2) is 8.18. The number of fused-ring (bicyclic) bond motifs is 5. The number of aryl methyl sites for hydroxylation is 1. The number of nitrogens with zero attached hydrogens (tertiary/aromatic N) is 6. The molecule has 0 saturated carbocycles. The van der Waals surface area contributed by atoms with E-state index in [4.69, 9.17) is 4.98 Å². The third kappa shape index (κ3) is 3.73. The molecular weight excluding hydrogens is 513 g/mol. The van der Waals surface area contributed by atoms with Crippen molar-refractivity contribution in [2.24, 2.45) is 0 Å². The summed E-state index contributed by atoms with van der Waals surface area (Å²) < 4.78 is 69.7. The number of pyridine rings is 1. The van der Waals surface area contributed by atoms with Gasteiger partial charge in [-0.1, -0.05) is 18.2 Å². The fourth-order valence-corrected chi connectivity index (χ4v) is 7.38. The first-order chi connectivity index (χ1) is 17.1. The first kappa shape index (κ1) is 23.3. The lowest BCUT2D eigenvalue weighted by atomic mass is 9.99. The zero-order chi connectivity index (χ0) is 25.2. The summed E-state index contributed by atoms with van der Waals surface area (Å²) in [7, 11) is -3.65. The molecule has 13 heteroatoms. The lowest BCUT2D eigenvalue weighted by Crippen LogP contribution is -2.39. The molecule has 0 bridgehead atoms. The van der Waals surface area contributed by atoms with Crippen LogP contribution in [0.3, 0.4) is 0 Å². The molecule has 1 atom stereocenters. The predicted octanol–water partition coefficient (Wildman–Crippen LogP) is 4.78. The van der Waals surface area contributed by atoms with E-state index in [1.54, 1.807) is 37.3 Å². The smallest absolute Gasteiger partial charge is 0.234 e. The Morgan fingerprint density at radius 1 is 1.14 bits per heavy atom. The molecule has 0 aliphatic carbocycles. The maximum atomic E-state index is 13.3. The number of piperidine rings is 1. The summed E-state index contributed by atoms with van der Waals surface area (Å²) in [5.74, 6) is 0.258. The molecule has 1 fully saturated rings. The summed E-state index contributed by atoms with van der Waals surface area (Å²) in [4.78, 5) is 13.5. The number of thiophene rings is 1. The number of hydrogen-bond acceptors (Lipinski definition) is 7. The molecule has 1 unspecified atom stereocenters. The van der Waals surface area contributed by atoms with Gasteiger partial charge in [-0.15, -0.1) is 16.4 Å². The molecule has 1 aliphatic rings. The molecule has 0 radical (unpaired) electrons. The molecule has 0 N–H and O–H groups in total. The van der Waals surface area contributed by atoms with Crippen LogP contribution >= 0.6 is 11.3 Å². The van der Waals surface area contributed by atoms with Gasteiger partial charge >= 0.3 is 6.18 Å². The average molecular weight is 533 g/mol. The molecule has 1 saturated heterocycles. The molecule has 1 aromatic carbocycles. The van der Waals surface area contributed by atoms with Gasteiger partial charge in [0, 0.05) is 24.4 Å². The van der Waals surface area contributed by atoms with E-state index in [1.807, 2.05) is 0 Å². The van der Waals surface area contributed by atoms with Gasteiger partial charge in [0.05, 0.1) is 10.4 Å². The van der Waals surface area contributed by atoms with Crippen LogP contribution in [-0.2, 0) is 16.2 Å². The van der Waals surface area contributed by atoms with Crippen molar-refractivity contribution in [1.29, 1.82) is 0 Å². The van der Waals surface area contributed by atoms with Gasteiger partial charge < -0.3 is 0 Å². The van der Waals surface area contributed by atoms with Gasteiger partial charge in [0.1, 0.15) is 21.6 Å². The van der Waals surface area contributed by atoms with Crippen LogP contribution in [0.15, 0.2) is 47.6 Å². The molecule has 4 aromatic heterocycles. The second-order valence-electron chi connectivity index (χ2n) is 8.78. The first-order valence-corrected chi connectivity index (χ1v) is 13.5. The van der Waals surface area contributed by atoms with Gasteiger partial charge in [0.25, 0.3) is 0 Å². The first-order valence-electron chi connectivity index (χ1n) is 11.2. The molecule has 6 rings (SSSR count). The molecular formula is C23H19F3N6O2S2. The highest BCUT2D eigenvalue weighted by atomic mass is 32.2. The van der Waals surface area contributed by atoms with Crippen LogP contribution in [0, 0.1) is 6.92 Å². The number of rotatable bonds is 3. The van der Waals surface area contributed by atoms with Crippen molar-refractivity contribution < 1.29 is 21.6 Å². The highest BCUT2D eigenvalue weighted by Gasteiger charge is 2.35. The third-order valence-electron chi connectivity index (χ3n) is 6.40. The highest BCUT2D eigenvalue weighted by Crippen LogP contribution is 2.39. The Balaban J connectivity index is 1.40. The van der Waals surface area contributed by atoms with E-state index in [1.165, 1.54) is 15.1 Å². The number of sulfonamides is 1. The van der Waals surface area contributed by atoms with Crippen LogP contribution in [0.4, 0.5) is 13.2 Å². The lowest BCUT2D eigenvalue weighted by Gasteiger charge is -2.30. The Labute approximate surface area is 207 Å². The van der Waals surface area contributed by atoms with Gasteiger partial charge in [0.15, 0.2) is 11.5 Å². The normalized spacial score (nSPS) is 17.9. The molecule has 1 aliphatic heterocycles. The van der Waals surface area contributed by atoms with E-state index in [9.17, 15) is 21.6 Å². The number of halogens is 3. The number of alkyl halides is 3. The van der Waals surface area contributed by atoms with Crippen LogP contribution in [0.5, 0.6) is 0 Å². The monoisotopic (exact) mass is 532 g/mol. The van der Waals surface area contributed by atoms with Gasteiger partial charge in [-0.3, -0.25) is 0 Å². The number of aromatic nitrogens is 5. The maximum Gasteiger partial charge on any atom is 0.433 e. The molecule has 0 spiro atoms. The topological polar surface area (TPSA) is 93.4 Å². The van der Waals surface area contributed by atoms with Gasteiger partial charge in [-0.25, -0.2) is 27.9 Å². The molecule has 186 valence electrons. The van der Waals surface area contributed by atoms with Crippen LogP contribution in [0.2, 0.25) is 0 Å². The Morgan fingerprint density at radius 2 is 1.92 bits per heavy atom. The second-order valence-corrected chi connectivity index (χ2v) is 11.7. The van der Waals surface area contributed by atoms with E-state index < -0.39 is 21.9 Å². The summed E-state index contributed by atoms with van der Waals surface area (Å²) in [6.45, 7) is 2.26. The molecule has 0 amide bonds. The van der Waals surface area contributed by atoms with E-state index in [-0.39, 0.29) is 22.2 Å². The van der Waals surface area contributed by atoms with Crippen molar-refractivity contribution in [2.75, 3.05) is 13.1 Å². The lowest BCUT2D eigenvalue weighted by molar-refractivity contribution is -0.141. The van der Waals surface area contributed by atoms with Gasteiger partial charge in [0.2, 0.25) is 10.0 Å². The van der Waals surface area contributed by atoms with Crippen LogP contribution < -0.4 is 0 Å². The minimum atomic E-state index is -4.55. The summed E-state index contributed by atoms with van der Waals surface area (Å²) in [5.41, 5.74) is 0.481. The zero-order valence-corrected chi connectivity index (χ0v) is 20.5. The standard InChI is InChI=1S/C23H19F3N6O2S2/c1-13-10-16(23(24,25)26)28-22-17(13)18-19(35-22)21-29-20(30-32(21)12-27-18)14-6-5-9-31(11-14)36(33,34)15-7-3-2-4-8-15/h2-4,7-8,10,12,14H,5-6,9,11H2,1H3. The van der Waals surface area contributed by atoms with E-state index in [0.717, 1.165) is 23.8 Å². The van der Waals surface area contributed by atoms with E-state index in [2.05, 4.69) is 15.1 Å². The molecule has 36 heavy (non-hydrogen) atoms. The van der Waals surface area contributed by atoms with E-state index in [0.29, 0.717) is 45.6 Å². The van der Waals surface area contributed by atoms with Crippen molar-refractivity contribution in [3.63, 3.8) is 0 Å². The Kier molecular flexibility index (Phi) is 5.28. The van der Waals surface area contributed by atoms with E-state index >= 15 is 0 Å². The molecule has 5 heterocycles. The average Bonchev–Trinajstić information content (AvgIpc) is 3.46. The predicted molar refractivity (Wildman–Crippen MR) is 128 cm³/mol. The Bertz CT molecular complexity index is 1730. The largest absolute Gasteiger partial charge is 0.433 e. The summed E-state index contributed by atoms with van der Waals surface area (Å²) in [5, 5.41) is 5.12. The Morgan fingerprint density at radius 3 is 2.67 bits per heavy atom. The minimum Gasteiger partial charge on any atom is -0.234 e. The van der Waals surface area contributed by atoms with Crippen molar-refractivity contribution in [3.8, 4) is 0 Å². The number of benzene rings is 1. The third-order valence-corrected chi connectivity index (χ3v) is 9.35. The Hall–Kier alpha value is -3.16. The van der Waals surface area contributed by atoms with Crippen LogP contribution in [0.25, 0.3) is 26.1 Å². The SMILES string of the molecule is Cc1cc(C(F)(F)F)nc2sc3c(ncn4nc(C5CCCN(S(=O)(=O)c6ccccc6)C5)nc34)c12. The fourth-order valence-electron chi connectivity index (χ4n) is 4.66. The fraction of sp³-hybridized carbons (Fsp3) is 0.304. The van der Waals surface area contributed by atoms with Crippen molar-refractivity contribution in [3.05, 3.63) is 59.8 Å². The highest BCUT2D eigenvalue weighted by molar-refractivity contribution is 7.89. The van der Waals surface area contributed by atoms with Crippen LogP contribution in [-0.4, -0.2) is 50.4 Å². The summed E-state index contributed by atoms with van der Waals surface area (Å²) in [6.07, 6.45) is -1.69. The van der Waals surface area contributed by atoms with Gasteiger partial charge in [-0.05, 0) is 43.5 Å². The number of hydrogen-bond donors (Lipinski definition) is 0.